The van der Waals surface area contributed by atoms with E-state index in [1.807, 2.05) is 12.1 Å². The molecule has 0 saturated heterocycles. The Morgan fingerprint density at radius 3 is 2.85 bits per heavy atom. The predicted octanol–water partition coefficient (Wildman–Crippen LogP) is 4.78. The minimum absolute atomic E-state index is 0.0677. The van der Waals surface area contributed by atoms with Crippen molar-refractivity contribution in [2.45, 2.75) is 50.9 Å². The second-order valence-electron chi connectivity index (χ2n) is 7.87. The van der Waals surface area contributed by atoms with Crippen LogP contribution in [0.3, 0.4) is 0 Å². The number of aromatic nitrogens is 2. The third-order valence-corrected chi connectivity index (χ3v) is 6.26. The van der Waals surface area contributed by atoms with E-state index < -0.39 is 18.0 Å². The summed E-state index contributed by atoms with van der Waals surface area (Å²) < 4.78 is 27.6. The molecule has 4 rings (SSSR count). The van der Waals surface area contributed by atoms with Gasteiger partial charge in [-0.1, -0.05) is 26.0 Å². The lowest BCUT2D eigenvalue weighted by atomic mass is 9.71. The van der Waals surface area contributed by atoms with Crippen LogP contribution < -0.4 is 5.32 Å². The Labute approximate surface area is 151 Å². The van der Waals surface area contributed by atoms with Crippen LogP contribution in [0.15, 0.2) is 24.4 Å². The number of halogens is 2. The molecule has 6 heteroatoms. The highest BCUT2D eigenvalue weighted by atomic mass is 19.3. The number of rotatable bonds is 4. The largest absolute Gasteiger partial charge is 0.322 e. The van der Waals surface area contributed by atoms with Gasteiger partial charge in [-0.15, -0.1) is 0 Å². The lowest BCUT2D eigenvalue weighted by Crippen LogP contribution is -2.28. The number of hydrogen-bond acceptors (Lipinski definition) is 2. The Morgan fingerprint density at radius 2 is 2.15 bits per heavy atom. The van der Waals surface area contributed by atoms with Crippen molar-refractivity contribution >= 4 is 11.6 Å². The molecule has 138 valence electrons. The normalized spacial score (nSPS) is 23.7. The Kier molecular flexibility index (Phi) is 3.90. The van der Waals surface area contributed by atoms with Gasteiger partial charge in [0, 0.05) is 18.9 Å². The van der Waals surface area contributed by atoms with Crippen LogP contribution in [0.5, 0.6) is 0 Å². The molecular formula is C20H23F2N3O. The number of hydrogen-bond donors (Lipinski definition) is 1. The third-order valence-electron chi connectivity index (χ3n) is 6.26. The first-order chi connectivity index (χ1) is 12.3. The third kappa shape index (κ3) is 2.38. The fourth-order valence-corrected chi connectivity index (χ4v) is 4.98. The lowest BCUT2D eigenvalue weighted by Gasteiger charge is -2.33. The summed E-state index contributed by atoms with van der Waals surface area (Å²) in [5.41, 5.74) is 2.91. The first-order valence-corrected chi connectivity index (χ1v) is 9.10. The van der Waals surface area contributed by atoms with Gasteiger partial charge in [-0.05, 0) is 53.7 Å². The van der Waals surface area contributed by atoms with E-state index >= 15 is 0 Å². The molecule has 2 aliphatic rings. The Morgan fingerprint density at radius 1 is 1.38 bits per heavy atom. The zero-order chi connectivity index (χ0) is 18.6. The molecule has 1 saturated carbocycles. The zero-order valence-corrected chi connectivity index (χ0v) is 15.2. The predicted molar refractivity (Wildman–Crippen MR) is 95.7 cm³/mol. The summed E-state index contributed by atoms with van der Waals surface area (Å²) in [6, 6.07) is 6.00. The van der Waals surface area contributed by atoms with Crippen LogP contribution >= 0.6 is 0 Å². The van der Waals surface area contributed by atoms with Crippen LogP contribution in [0.1, 0.15) is 72.6 Å². The molecule has 1 aromatic heterocycles. The second-order valence-corrected chi connectivity index (χ2v) is 7.87. The molecule has 0 aliphatic heterocycles. The number of nitrogens with zero attached hydrogens (tertiary/aromatic N) is 2. The summed E-state index contributed by atoms with van der Waals surface area (Å²) in [5.74, 6) is 0.444. The van der Waals surface area contributed by atoms with Gasteiger partial charge < -0.3 is 5.32 Å². The monoisotopic (exact) mass is 359 g/mol. The topological polar surface area (TPSA) is 46.9 Å². The van der Waals surface area contributed by atoms with Crippen molar-refractivity contribution in [2.75, 3.05) is 5.32 Å². The van der Waals surface area contributed by atoms with Crippen molar-refractivity contribution < 1.29 is 13.6 Å². The summed E-state index contributed by atoms with van der Waals surface area (Å²) >= 11 is 0. The molecule has 1 aromatic carbocycles. The number of aryl methyl sites for hydroxylation is 1. The number of benzene rings is 1. The Hall–Kier alpha value is -2.24. The highest BCUT2D eigenvalue weighted by molar-refractivity contribution is 6.05. The summed E-state index contributed by atoms with van der Waals surface area (Å²) in [6.07, 6.45) is 1.98. The molecule has 2 unspecified atom stereocenters. The smallest absolute Gasteiger partial charge is 0.282 e. The summed E-state index contributed by atoms with van der Waals surface area (Å²) in [5, 5.41) is 6.61. The molecule has 0 radical (unpaired) electrons. The zero-order valence-electron chi connectivity index (χ0n) is 15.2. The maximum atomic E-state index is 13.2. The highest BCUT2D eigenvalue weighted by Crippen LogP contribution is 2.61. The number of nitrogens with one attached hydrogen (secondary N) is 1. The van der Waals surface area contributed by atoms with E-state index in [0.717, 1.165) is 18.5 Å². The van der Waals surface area contributed by atoms with E-state index in [0.29, 0.717) is 11.8 Å². The maximum Gasteiger partial charge on any atom is 0.282 e. The van der Waals surface area contributed by atoms with Crippen LogP contribution in [0, 0.1) is 5.92 Å². The van der Waals surface area contributed by atoms with Crippen molar-refractivity contribution in [1.29, 1.82) is 0 Å². The fraction of sp³-hybridized carbons (Fsp3) is 0.500. The van der Waals surface area contributed by atoms with Crippen molar-refractivity contribution in [3.8, 4) is 0 Å². The van der Waals surface area contributed by atoms with Crippen molar-refractivity contribution in [3.05, 3.63) is 46.8 Å². The minimum atomic E-state index is -2.78. The van der Waals surface area contributed by atoms with E-state index in [9.17, 15) is 13.6 Å². The van der Waals surface area contributed by atoms with E-state index in [-0.39, 0.29) is 11.0 Å². The van der Waals surface area contributed by atoms with Gasteiger partial charge in [0.1, 0.15) is 5.69 Å². The first kappa shape index (κ1) is 17.2. The fourth-order valence-electron chi connectivity index (χ4n) is 4.98. The maximum absolute atomic E-state index is 13.2. The summed E-state index contributed by atoms with van der Waals surface area (Å²) in [4.78, 5) is 12.7. The molecule has 2 atom stereocenters. The van der Waals surface area contributed by atoms with E-state index in [1.165, 1.54) is 35.5 Å². The summed E-state index contributed by atoms with van der Waals surface area (Å²) in [6.45, 7) is 4.51. The average Bonchev–Trinajstić information content (AvgIpc) is 3.27. The number of alkyl halides is 2. The summed E-state index contributed by atoms with van der Waals surface area (Å²) in [7, 11) is 1.54. The SMILES string of the molecule is CC(C)C12CCC(C1)c1c(NC(=O)c3cn(C)nc3C(F)F)cccc12. The van der Waals surface area contributed by atoms with Crippen LogP contribution in [-0.2, 0) is 12.5 Å². The average molecular weight is 359 g/mol. The van der Waals surface area contributed by atoms with Gasteiger partial charge in [0.2, 0.25) is 0 Å². The second kappa shape index (κ2) is 5.89. The number of amides is 1. The van der Waals surface area contributed by atoms with Gasteiger partial charge in [-0.25, -0.2) is 8.78 Å². The molecule has 4 nitrogen and oxygen atoms in total. The number of carbonyl (C=O) groups excluding carboxylic acids is 1. The van der Waals surface area contributed by atoms with Crippen molar-refractivity contribution in [1.82, 2.24) is 9.78 Å². The number of fused-ring (bicyclic) bond motifs is 5. The van der Waals surface area contributed by atoms with Crippen LogP contribution in [0.2, 0.25) is 0 Å². The standard InChI is InChI=1S/C20H23F2N3O/c1-11(2)20-8-7-12(9-20)16-14(20)5-4-6-15(16)23-19(26)13-10-25(3)24-17(13)18(21)22/h4-6,10-12,18H,7-9H2,1-3H3,(H,23,26). The molecule has 1 amide bonds. The van der Waals surface area contributed by atoms with Gasteiger partial charge in [0.25, 0.3) is 12.3 Å². The van der Waals surface area contributed by atoms with Crippen molar-refractivity contribution in [2.24, 2.45) is 13.0 Å². The molecule has 2 bridgehead atoms. The van der Waals surface area contributed by atoms with E-state index in [4.69, 9.17) is 0 Å². The molecule has 1 N–H and O–H groups in total. The Bertz CT molecular complexity index is 874. The van der Waals surface area contributed by atoms with Crippen LogP contribution in [0.25, 0.3) is 0 Å². The first-order valence-electron chi connectivity index (χ1n) is 9.10. The van der Waals surface area contributed by atoms with Gasteiger partial charge in [-0.2, -0.15) is 5.10 Å². The van der Waals surface area contributed by atoms with Gasteiger partial charge in [0.15, 0.2) is 0 Å². The van der Waals surface area contributed by atoms with Gasteiger partial charge in [-0.3, -0.25) is 9.48 Å². The van der Waals surface area contributed by atoms with Gasteiger partial charge in [0.05, 0.1) is 5.56 Å². The highest BCUT2D eigenvalue weighted by Gasteiger charge is 2.51. The quantitative estimate of drug-likeness (QED) is 0.853. The lowest BCUT2D eigenvalue weighted by molar-refractivity contribution is 0.101. The van der Waals surface area contributed by atoms with E-state index in [1.54, 1.807) is 0 Å². The van der Waals surface area contributed by atoms with Crippen molar-refractivity contribution in [3.63, 3.8) is 0 Å². The molecule has 1 heterocycles. The van der Waals surface area contributed by atoms with E-state index in [2.05, 4.69) is 30.3 Å². The number of carbonyl (C=O) groups is 1. The molecule has 2 aromatic rings. The van der Waals surface area contributed by atoms with Crippen LogP contribution in [0.4, 0.5) is 14.5 Å². The molecular weight excluding hydrogens is 336 g/mol. The number of anilines is 1. The Balaban J connectivity index is 1.70. The van der Waals surface area contributed by atoms with Gasteiger partial charge >= 0.3 is 0 Å². The minimum Gasteiger partial charge on any atom is -0.322 e. The molecule has 2 aliphatic carbocycles. The molecule has 26 heavy (non-hydrogen) atoms. The van der Waals surface area contributed by atoms with Crippen LogP contribution in [-0.4, -0.2) is 15.7 Å². The molecule has 0 spiro atoms. The molecule has 1 fully saturated rings.